The highest BCUT2D eigenvalue weighted by atomic mass is 32.2. The fourth-order valence-corrected chi connectivity index (χ4v) is 4.30. The molecule has 10 heteroatoms. The van der Waals surface area contributed by atoms with Gasteiger partial charge in [0.2, 0.25) is 11.3 Å². The van der Waals surface area contributed by atoms with Gasteiger partial charge in [-0.2, -0.15) is 9.97 Å². The fraction of sp³-hybridized carbons (Fsp3) is 0.286. The van der Waals surface area contributed by atoms with Crippen molar-refractivity contribution in [3.63, 3.8) is 0 Å². The zero-order valence-electron chi connectivity index (χ0n) is 17.3. The molecule has 164 valence electrons. The van der Waals surface area contributed by atoms with E-state index in [4.69, 9.17) is 9.47 Å². The van der Waals surface area contributed by atoms with Crippen molar-refractivity contribution < 1.29 is 22.3 Å². The first kappa shape index (κ1) is 22.4. The van der Waals surface area contributed by atoms with Crippen LogP contribution in [0.4, 0.5) is 4.39 Å². The minimum Gasteiger partial charge on any atom is -0.493 e. The third-order valence-electron chi connectivity index (χ3n) is 4.37. The van der Waals surface area contributed by atoms with E-state index in [9.17, 15) is 17.6 Å². The number of aromatic nitrogens is 3. The second-order valence-corrected chi connectivity index (χ2v) is 9.04. The van der Waals surface area contributed by atoms with Gasteiger partial charge < -0.3 is 14.0 Å². The normalized spacial score (nSPS) is 11.4. The first-order chi connectivity index (χ1) is 14.7. The topological polar surface area (TPSA) is 100 Å². The molecule has 3 aromatic rings. The highest BCUT2D eigenvalue weighted by Crippen LogP contribution is 2.33. The second kappa shape index (κ2) is 9.25. The van der Waals surface area contributed by atoms with Gasteiger partial charge >= 0.3 is 6.01 Å². The van der Waals surface area contributed by atoms with Crippen LogP contribution in [0.25, 0.3) is 11.3 Å². The van der Waals surface area contributed by atoms with Crippen molar-refractivity contribution in [2.45, 2.75) is 19.1 Å². The number of rotatable bonds is 8. The Morgan fingerprint density at radius 3 is 2.61 bits per heavy atom. The lowest BCUT2D eigenvalue weighted by Gasteiger charge is -2.12. The number of aryl methyl sites for hydroxylation is 1. The van der Waals surface area contributed by atoms with Crippen LogP contribution < -0.4 is 15.0 Å². The molecule has 1 aromatic carbocycles. The number of ether oxygens (including phenoxy) is 2. The predicted molar refractivity (Wildman–Crippen MR) is 114 cm³/mol. The van der Waals surface area contributed by atoms with E-state index in [-0.39, 0.29) is 40.3 Å². The summed E-state index contributed by atoms with van der Waals surface area (Å²) < 4.78 is 51.1. The maximum atomic E-state index is 14.3. The van der Waals surface area contributed by atoms with Gasteiger partial charge in [0.15, 0.2) is 21.4 Å². The Labute approximate surface area is 179 Å². The minimum atomic E-state index is -3.41. The van der Waals surface area contributed by atoms with Gasteiger partial charge in [0, 0.05) is 24.9 Å². The van der Waals surface area contributed by atoms with Gasteiger partial charge in [-0.1, -0.05) is 13.0 Å². The molecule has 31 heavy (non-hydrogen) atoms. The summed E-state index contributed by atoms with van der Waals surface area (Å²) in [6, 6.07) is 8.37. The Bertz CT molecular complexity index is 1260. The molecule has 3 rings (SSSR count). The third-order valence-corrected chi connectivity index (χ3v) is 6.13. The minimum absolute atomic E-state index is 0.00347. The molecule has 0 aliphatic rings. The highest BCUT2D eigenvalue weighted by molar-refractivity contribution is 7.90. The standard InChI is InChI=1S/C21H22FN3O5S/c1-4-10-31(27,28)13-15-11-17(14-8-9-19(26)25(2)12-14)24-21(23-15)30-20-16(22)6-5-7-18(20)29-3/h5-9,11-12H,4,10,13H2,1-3H3. The van der Waals surface area contributed by atoms with Gasteiger partial charge in [-0.05, 0) is 30.7 Å². The summed E-state index contributed by atoms with van der Waals surface area (Å²) >= 11 is 0. The van der Waals surface area contributed by atoms with E-state index in [1.807, 2.05) is 0 Å². The molecule has 0 unspecified atom stereocenters. The Kier molecular flexibility index (Phi) is 6.69. The van der Waals surface area contributed by atoms with Gasteiger partial charge in [0.1, 0.15) is 0 Å². The number of hydrogen-bond acceptors (Lipinski definition) is 7. The summed E-state index contributed by atoms with van der Waals surface area (Å²) in [4.78, 5) is 20.2. The summed E-state index contributed by atoms with van der Waals surface area (Å²) in [7, 11) is -0.457. The maximum Gasteiger partial charge on any atom is 0.323 e. The molecule has 0 bridgehead atoms. The number of sulfone groups is 1. The van der Waals surface area contributed by atoms with Crippen LogP contribution in [0.15, 0.2) is 47.4 Å². The molecule has 0 radical (unpaired) electrons. The van der Waals surface area contributed by atoms with Crippen molar-refractivity contribution in [1.82, 2.24) is 14.5 Å². The van der Waals surface area contributed by atoms with Crippen LogP contribution in [0.1, 0.15) is 19.0 Å². The number of hydrogen-bond donors (Lipinski definition) is 0. The quantitative estimate of drug-likeness (QED) is 0.523. The summed E-state index contributed by atoms with van der Waals surface area (Å²) in [6.45, 7) is 1.77. The van der Waals surface area contributed by atoms with Crippen LogP contribution in [-0.4, -0.2) is 35.8 Å². The molecule has 0 spiro atoms. The second-order valence-electron chi connectivity index (χ2n) is 6.86. The van der Waals surface area contributed by atoms with Crippen LogP contribution >= 0.6 is 0 Å². The monoisotopic (exact) mass is 447 g/mol. The Morgan fingerprint density at radius 2 is 1.94 bits per heavy atom. The Morgan fingerprint density at radius 1 is 1.16 bits per heavy atom. The van der Waals surface area contributed by atoms with Crippen LogP contribution in [0, 0.1) is 5.82 Å². The zero-order valence-corrected chi connectivity index (χ0v) is 18.1. The summed E-state index contributed by atoms with van der Waals surface area (Å²) in [5.74, 6) is -1.09. The van der Waals surface area contributed by atoms with E-state index in [0.717, 1.165) is 0 Å². The molecule has 2 aromatic heterocycles. The number of halogens is 1. The molecule has 0 atom stereocenters. The molecule has 0 aliphatic carbocycles. The number of methoxy groups -OCH3 is 1. The maximum absolute atomic E-state index is 14.3. The van der Waals surface area contributed by atoms with Gasteiger partial charge in [0.05, 0.1) is 30.0 Å². The predicted octanol–water partition coefficient (Wildman–Crippen LogP) is 3.11. The zero-order chi connectivity index (χ0) is 22.6. The van der Waals surface area contributed by atoms with Crippen LogP contribution in [0.3, 0.4) is 0 Å². The molecule has 0 saturated heterocycles. The summed E-state index contributed by atoms with van der Waals surface area (Å²) in [6.07, 6.45) is 2.03. The molecular formula is C21H22FN3O5S. The lowest BCUT2D eigenvalue weighted by molar-refractivity contribution is 0.351. The number of nitrogens with zero attached hydrogens (tertiary/aromatic N) is 3. The third kappa shape index (κ3) is 5.46. The number of benzene rings is 1. The molecule has 0 fully saturated rings. The van der Waals surface area contributed by atoms with Gasteiger partial charge in [-0.15, -0.1) is 0 Å². The van der Waals surface area contributed by atoms with Gasteiger partial charge in [0.25, 0.3) is 0 Å². The van der Waals surface area contributed by atoms with Crippen molar-refractivity contribution >= 4 is 9.84 Å². The lowest BCUT2D eigenvalue weighted by Crippen LogP contribution is -2.14. The average Bonchev–Trinajstić information content (AvgIpc) is 2.71. The van der Waals surface area contributed by atoms with Crippen LogP contribution in [0.5, 0.6) is 17.5 Å². The number of pyridine rings is 1. The largest absolute Gasteiger partial charge is 0.493 e. The molecule has 8 nitrogen and oxygen atoms in total. The van der Waals surface area contributed by atoms with E-state index >= 15 is 0 Å². The van der Waals surface area contributed by atoms with E-state index < -0.39 is 15.7 Å². The van der Waals surface area contributed by atoms with Crippen molar-refractivity contribution in [3.05, 3.63) is 64.5 Å². The molecule has 0 aliphatic heterocycles. The molecular weight excluding hydrogens is 425 g/mol. The van der Waals surface area contributed by atoms with E-state index in [2.05, 4.69) is 9.97 Å². The van der Waals surface area contributed by atoms with Crippen molar-refractivity contribution in [1.29, 1.82) is 0 Å². The first-order valence-electron chi connectivity index (χ1n) is 9.48. The molecule has 0 amide bonds. The first-order valence-corrected chi connectivity index (χ1v) is 11.3. The molecule has 2 heterocycles. The molecule has 0 saturated carbocycles. The lowest BCUT2D eigenvalue weighted by atomic mass is 10.2. The number of para-hydroxylation sites is 1. The fourth-order valence-electron chi connectivity index (χ4n) is 2.93. The smallest absolute Gasteiger partial charge is 0.323 e. The Balaban J connectivity index is 2.11. The van der Waals surface area contributed by atoms with Crippen LogP contribution in [-0.2, 0) is 22.6 Å². The van der Waals surface area contributed by atoms with Crippen molar-refractivity contribution in [2.75, 3.05) is 12.9 Å². The molecule has 0 N–H and O–H groups in total. The average molecular weight is 447 g/mol. The highest BCUT2D eigenvalue weighted by Gasteiger charge is 2.18. The van der Waals surface area contributed by atoms with Gasteiger partial charge in [-0.3, -0.25) is 4.79 Å². The summed E-state index contributed by atoms with van der Waals surface area (Å²) in [5, 5.41) is 0. The summed E-state index contributed by atoms with van der Waals surface area (Å²) in [5.41, 5.74) is 0.857. The Hall–Kier alpha value is -3.27. The SMILES string of the molecule is CCCS(=O)(=O)Cc1cc(-c2ccc(=O)n(C)c2)nc(Oc2c(F)cccc2OC)n1. The van der Waals surface area contributed by atoms with E-state index in [1.54, 1.807) is 26.2 Å². The van der Waals surface area contributed by atoms with Gasteiger partial charge in [-0.25, -0.2) is 12.8 Å². The van der Waals surface area contributed by atoms with E-state index in [1.165, 1.54) is 42.0 Å². The van der Waals surface area contributed by atoms with E-state index in [0.29, 0.717) is 17.7 Å². The van der Waals surface area contributed by atoms with Crippen LogP contribution in [0.2, 0.25) is 0 Å². The van der Waals surface area contributed by atoms with Crippen molar-refractivity contribution in [3.8, 4) is 28.8 Å². The van der Waals surface area contributed by atoms with Crippen molar-refractivity contribution in [2.24, 2.45) is 7.05 Å².